The Labute approximate surface area is 113 Å². The highest BCUT2D eigenvalue weighted by Crippen LogP contribution is 2.34. The van der Waals surface area contributed by atoms with Crippen molar-refractivity contribution in [2.75, 3.05) is 13.7 Å². The van der Waals surface area contributed by atoms with Crippen molar-refractivity contribution < 1.29 is 4.74 Å². The van der Waals surface area contributed by atoms with Gasteiger partial charge in [-0.05, 0) is 25.1 Å². The maximum atomic E-state index is 5.71. The largest absolute Gasteiger partial charge is 0.493 e. The summed E-state index contributed by atoms with van der Waals surface area (Å²) in [6, 6.07) is 8.35. The molecule has 1 aliphatic heterocycles. The van der Waals surface area contributed by atoms with Gasteiger partial charge in [-0.25, -0.2) is 4.98 Å². The molecule has 0 radical (unpaired) electrons. The minimum atomic E-state index is 0.509. The van der Waals surface area contributed by atoms with E-state index >= 15 is 0 Å². The van der Waals surface area contributed by atoms with Gasteiger partial charge in [0.25, 0.3) is 0 Å². The third-order valence-electron chi connectivity index (χ3n) is 3.64. The van der Waals surface area contributed by atoms with Crippen LogP contribution in [0.2, 0.25) is 0 Å². The highest BCUT2D eigenvalue weighted by atomic mass is 16.5. The van der Waals surface area contributed by atoms with Crippen molar-refractivity contribution in [1.29, 1.82) is 0 Å². The average molecular weight is 257 g/mol. The Morgan fingerprint density at radius 1 is 1.42 bits per heavy atom. The summed E-state index contributed by atoms with van der Waals surface area (Å²) < 4.78 is 7.95. The van der Waals surface area contributed by atoms with Crippen molar-refractivity contribution in [3.8, 4) is 5.75 Å². The summed E-state index contributed by atoms with van der Waals surface area (Å²) >= 11 is 0. The first kappa shape index (κ1) is 12.2. The average Bonchev–Trinajstić information content (AvgIpc) is 2.87. The van der Waals surface area contributed by atoms with Crippen molar-refractivity contribution in [2.24, 2.45) is 0 Å². The van der Waals surface area contributed by atoms with Crippen molar-refractivity contribution in [2.45, 2.75) is 25.4 Å². The Bertz CT molecular complexity index is 550. The van der Waals surface area contributed by atoms with Crippen LogP contribution >= 0.6 is 0 Å². The Hall–Kier alpha value is -1.81. The molecule has 0 saturated heterocycles. The molecule has 0 amide bonds. The van der Waals surface area contributed by atoms with Gasteiger partial charge in [-0.3, -0.25) is 0 Å². The summed E-state index contributed by atoms with van der Waals surface area (Å²) in [5.41, 5.74) is 1.32. The maximum Gasteiger partial charge on any atom is 0.122 e. The standard InChI is InChI=1S/C15H19N3O/c1-16-10-15-17-7-8-18(15)11-12-6-9-19-14-5-3-2-4-13(12)14/h2-5,7-8,12,16H,6,9-11H2,1H3. The third kappa shape index (κ3) is 2.49. The van der Waals surface area contributed by atoms with Gasteiger partial charge in [0.15, 0.2) is 0 Å². The lowest BCUT2D eigenvalue weighted by Gasteiger charge is -2.26. The topological polar surface area (TPSA) is 39.1 Å². The van der Waals surface area contributed by atoms with E-state index in [9.17, 15) is 0 Å². The maximum absolute atomic E-state index is 5.71. The van der Waals surface area contributed by atoms with Crippen LogP contribution in [0.25, 0.3) is 0 Å². The van der Waals surface area contributed by atoms with Gasteiger partial charge >= 0.3 is 0 Å². The van der Waals surface area contributed by atoms with Crippen molar-refractivity contribution >= 4 is 0 Å². The van der Waals surface area contributed by atoms with Crippen molar-refractivity contribution in [3.63, 3.8) is 0 Å². The quantitative estimate of drug-likeness (QED) is 0.912. The lowest BCUT2D eigenvalue weighted by Crippen LogP contribution is -2.20. The zero-order chi connectivity index (χ0) is 13.1. The fourth-order valence-electron chi connectivity index (χ4n) is 2.67. The van der Waals surface area contributed by atoms with E-state index < -0.39 is 0 Å². The van der Waals surface area contributed by atoms with E-state index in [0.29, 0.717) is 5.92 Å². The molecule has 4 heteroatoms. The smallest absolute Gasteiger partial charge is 0.122 e. The van der Waals surface area contributed by atoms with Crippen LogP contribution in [0.1, 0.15) is 23.7 Å². The Morgan fingerprint density at radius 3 is 3.21 bits per heavy atom. The van der Waals surface area contributed by atoms with Crippen LogP contribution in [-0.4, -0.2) is 23.2 Å². The van der Waals surface area contributed by atoms with Crippen LogP contribution in [0.5, 0.6) is 5.75 Å². The number of hydrogen-bond donors (Lipinski definition) is 1. The van der Waals surface area contributed by atoms with Gasteiger partial charge < -0.3 is 14.6 Å². The summed E-state index contributed by atoms with van der Waals surface area (Å²) in [5, 5.41) is 3.16. The molecule has 1 aliphatic rings. The van der Waals surface area contributed by atoms with Crippen LogP contribution in [0.4, 0.5) is 0 Å². The predicted molar refractivity (Wildman–Crippen MR) is 74.3 cm³/mol. The molecule has 1 unspecified atom stereocenters. The second-order valence-corrected chi connectivity index (χ2v) is 4.90. The van der Waals surface area contributed by atoms with E-state index in [1.165, 1.54) is 5.56 Å². The van der Waals surface area contributed by atoms with Crippen molar-refractivity contribution in [1.82, 2.24) is 14.9 Å². The van der Waals surface area contributed by atoms with Crippen molar-refractivity contribution in [3.05, 3.63) is 48.0 Å². The van der Waals surface area contributed by atoms with Gasteiger partial charge in [0.05, 0.1) is 13.2 Å². The van der Waals surface area contributed by atoms with Gasteiger partial charge in [-0.1, -0.05) is 18.2 Å². The molecule has 3 rings (SSSR count). The predicted octanol–water partition coefficient (Wildman–Crippen LogP) is 2.17. The SMILES string of the molecule is CNCc1nccn1CC1CCOc2ccccc21. The van der Waals surface area contributed by atoms with E-state index in [4.69, 9.17) is 4.74 Å². The summed E-state index contributed by atoms with van der Waals surface area (Å²) in [4.78, 5) is 4.40. The van der Waals surface area contributed by atoms with Gasteiger partial charge in [0, 0.05) is 24.9 Å². The summed E-state index contributed by atoms with van der Waals surface area (Å²) in [5.74, 6) is 2.63. The first-order chi connectivity index (χ1) is 9.38. The molecule has 1 N–H and O–H groups in total. The Balaban J connectivity index is 1.82. The fraction of sp³-hybridized carbons (Fsp3) is 0.400. The normalized spacial score (nSPS) is 17.8. The van der Waals surface area contributed by atoms with Crippen LogP contribution < -0.4 is 10.1 Å². The Morgan fingerprint density at radius 2 is 2.32 bits per heavy atom. The van der Waals surface area contributed by atoms with Gasteiger partial charge in [0.2, 0.25) is 0 Å². The molecule has 100 valence electrons. The second-order valence-electron chi connectivity index (χ2n) is 4.90. The number of benzene rings is 1. The molecule has 1 aromatic heterocycles. The van der Waals surface area contributed by atoms with Crippen LogP contribution in [0.15, 0.2) is 36.7 Å². The minimum absolute atomic E-state index is 0.509. The molecule has 0 fully saturated rings. The number of nitrogens with zero attached hydrogens (tertiary/aromatic N) is 2. The minimum Gasteiger partial charge on any atom is -0.493 e. The first-order valence-electron chi connectivity index (χ1n) is 6.75. The molecule has 0 aliphatic carbocycles. The molecule has 4 nitrogen and oxygen atoms in total. The number of nitrogens with one attached hydrogen (secondary N) is 1. The molecule has 2 aromatic rings. The third-order valence-corrected chi connectivity index (χ3v) is 3.64. The molecule has 0 saturated carbocycles. The summed E-state index contributed by atoms with van der Waals surface area (Å²) in [7, 11) is 1.95. The van der Waals surface area contributed by atoms with Gasteiger partial charge in [0.1, 0.15) is 11.6 Å². The number of fused-ring (bicyclic) bond motifs is 1. The van der Waals surface area contributed by atoms with E-state index in [0.717, 1.165) is 37.7 Å². The summed E-state index contributed by atoms with van der Waals surface area (Å²) in [6.45, 7) is 2.58. The second kappa shape index (κ2) is 5.45. The molecular weight excluding hydrogens is 238 g/mol. The molecule has 1 aromatic carbocycles. The monoisotopic (exact) mass is 257 g/mol. The first-order valence-corrected chi connectivity index (χ1v) is 6.75. The number of imidazole rings is 1. The highest BCUT2D eigenvalue weighted by Gasteiger charge is 2.21. The highest BCUT2D eigenvalue weighted by molar-refractivity contribution is 5.37. The number of hydrogen-bond acceptors (Lipinski definition) is 3. The fourth-order valence-corrected chi connectivity index (χ4v) is 2.67. The molecular formula is C15H19N3O. The molecule has 19 heavy (non-hydrogen) atoms. The van der Waals surface area contributed by atoms with E-state index in [2.05, 4.69) is 39.3 Å². The van der Waals surface area contributed by atoms with E-state index in [-0.39, 0.29) is 0 Å². The lowest BCUT2D eigenvalue weighted by atomic mass is 9.93. The Kier molecular flexibility index (Phi) is 3.51. The number of aromatic nitrogens is 2. The molecule has 0 spiro atoms. The van der Waals surface area contributed by atoms with Crippen LogP contribution in [0, 0.1) is 0 Å². The number of rotatable bonds is 4. The molecule has 1 atom stereocenters. The summed E-state index contributed by atoms with van der Waals surface area (Å²) in [6.07, 6.45) is 5.00. The van der Waals surface area contributed by atoms with E-state index in [1.54, 1.807) is 0 Å². The molecule has 2 heterocycles. The number of para-hydroxylation sites is 1. The van der Waals surface area contributed by atoms with E-state index in [1.807, 2.05) is 19.3 Å². The lowest BCUT2D eigenvalue weighted by molar-refractivity contribution is 0.258. The number of ether oxygens (including phenoxy) is 1. The zero-order valence-corrected chi connectivity index (χ0v) is 11.2. The van der Waals surface area contributed by atoms with Crippen LogP contribution in [0.3, 0.4) is 0 Å². The van der Waals surface area contributed by atoms with Crippen LogP contribution in [-0.2, 0) is 13.1 Å². The molecule has 0 bridgehead atoms. The van der Waals surface area contributed by atoms with Gasteiger partial charge in [-0.2, -0.15) is 0 Å². The zero-order valence-electron chi connectivity index (χ0n) is 11.2. The van der Waals surface area contributed by atoms with Gasteiger partial charge in [-0.15, -0.1) is 0 Å².